The monoisotopic (exact) mass is 325 g/mol. The van der Waals surface area contributed by atoms with Crippen LogP contribution in [0.1, 0.15) is 40.9 Å². The number of aliphatic carboxylic acids is 1. The molecule has 0 fully saturated rings. The van der Waals surface area contributed by atoms with Gasteiger partial charge in [0.1, 0.15) is 16.9 Å². The van der Waals surface area contributed by atoms with Gasteiger partial charge in [-0.15, -0.1) is 0 Å². The van der Waals surface area contributed by atoms with E-state index in [-0.39, 0.29) is 5.56 Å². The molecule has 0 atom stereocenters. The topological polar surface area (TPSA) is 83.5 Å². The smallest absolute Gasteiger partial charge is 0.340 e. The standard InChI is InChI=1S/C19H18O5/c1-9-12-7-14-11-5-3-4-6-15(11)23-18(14)10(2)17(12)24-19(22)13(9)8-16(20)21/h7H,3-6,8H2,1-2H3,(H,20,21)/p-1. The van der Waals surface area contributed by atoms with Crippen molar-refractivity contribution in [3.05, 3.63) is 44.5 Å². The summed E-state index contributed by atoms with van der Waals surface area (Å²) < 4.78 is 11.5. The molecule has 0 N–H and O–H groups in total. The minimum atomic E-state index is -1.29. The Morgan fingerprint density at radius 1 is 1.08 bits per heavy atom. The molecule has 0 radical (unpaired) electrons. The summed E-state index contributed by atoms with van der Waals surface area (Å²) in [7, 11) is 0. The molecule has 0 saturated heterocycles. The molecule has 0 saturated carbocycles. The highest BCUT2D eigenvalue weighted by Gasteiger charge is 2.22. The predicted octanol–water partition coefficient (Wildman–Crippen LogP) is 2.33. The Labute approximate surface area is 137 Å². The van der Waals surface area contributed by atoms with Crippen molar-refractivity contribution in [2.75, 3.05) is 0 Å². The van der Waals surface area contributed by atoms with E-state index in [0.717, 1.165) is 53.4 Å². The number of furan rings is 1. The minimum Gasteiger partial charge on any atom is -0.550 e. The fourth-order valence-electron chi connectivity index (χ4n) is 3.77. The number of benzene rings is 1. The summed E-state index contributed by atoms with van der Waals surface area (Å²) >= 11 is 0. The zero-order valence-electron chi connectivity index (χ0n) is 13.7. The summed E-state index contributed by atoms with van der Waals surface area (Å²) in [6.07, 6.45) is 3.73. The van der Waals surface area contributed by atoms with Crippen LogP contribution in [-0.4, -0.2) is 5.97 Å². The maximum atomic E-state index is 12.2. The van der Waals surface area contributed by atoms with Crippen LogP contribution in [0.2, 0.25) is 0 Å². The van der Waals surface area contributed by atoms with Crippen LogP contribution in [-0.2, 0) is 24.1 Å². The van der Waals surface area contributed by atoms with Crippen LogP contribution in [0.25, 0.3) is 21.9 Å². The van der Waals surface area contributed by atoms with Gasteiger partial charge in [-0.1, -0.05) is 0 Å². The fourth-order valence-corrected chi connectivity index (χ4v) is 3.77. The number of carbonyl (C=O) groups is 1. The number of carboxylic acids is 1. The van der Waals surface area contributed by atoms with E-state index in [1.54, 1.807) is 6.92 Å². The Kier molecular flexibility index (Phi) is 3.27. The van der Waals surface area contributed by atoms with Crippen molar-refractivity contribution in [1.82, 2.24) is 0 Å². The van der Waals surface area contributed by atoms with Gasteiger partial charge in [0.2, 0.25) is 0 Å². The van der Waals surface area contributed by atoms with Crippen molar-refractivity contribution in [1.29, 1.82) is 0 Å². The van der Waals surface area contributed by atoms with Crippen molar-refractivity contribution in [3.63, 3.8) is 0 Å². The maximum absolute atomic E-state index is 12.2. The third-order valence-corrected chi connectivity index (χ3v) is 5.05. The molecule has 1 aliphatic carbocycles. The van der Waals surface area contributed by atoms with E-state index < -0.39 is 18.0 Å². The van der Waals surface area contributed by atoms with Crippen LogP contribution >= 0.6 is 0 Å². The van der Waals surface area contributed by atoms with Gasteiger partial charge in [-0.25, -0.2) is 4.79 Å². The molecule has 0 amide bonds. The fraction of sp³-hybridized carbons (Fsp3) is 0.368. The highest BCUT2D eigenvalue weighted by molar-refractivity contribution is 6.00. The van der Waals surface area contributed by atoms with Gasteiger partial charge in [0.25, 0.3) is 0 Å². The first-order chi connectivity index (χ1) is 11.5. The quantitative estimate of drug-likeness (QED) is 0.675. The van der Waals surface area contributed by atoms with Crippen LogP contribution in [0.4, 0.5) is 0 Å². The van der Waals surface area contributed by atoms with E-state index >= 15 is 0 Å². The summed E-state index contributed by atoms with van der Waals surface area (Å²) in [5.41, 5.74) is 3.43. The molecule has 124 valence electrons. The van der Waals surface area contributed by atoms with Gasteiger partial charge in [0.05, 0.1) is 0 Å². The predicted molar refractivity (Wildman–Crippen MR) is 87.1 cm³/mol. The second kappa shape index (κ2) is 5.23. The van der Waals surface area contributed by atoms with Crippen LogP contribution in [0, 0.1) is 13.8 Å². The van der Waals surface area contributed by atoms with Crippen molar-refractivity contribution < 1.29 is 18.7 Å². The Hall–Kier alpha value is -2.56. The third-order valence-electron chi connectivity index (χ3n) is 5.05. The summed E-state index contributed by atoms with van der Waals surface area (Å²) in [5.74, 6) is -0.271. The maximum Gasteiger partial charge on any atom is 0.340 e. The number of aryl methyl sites for hydroxylation is 4. The molecule has 0 bridgehead atoms. The Bertz CT molecular complexity index is 1050. The molecule has 0 aliphatic heterocycles. The van der Waals surface area contributed by atoms with E-state index in [1.165, 1.54) is 5.56 Å². The summed E-state index contributed by atoms with van der Waals surface area (Å²) in [6.45, 7) is 3.63. The first-order valence-corrected chi connectivity index (χ1v) is 8.17. The third kappa shape index (κ3) is 2.08. The average molecular weight is 325 g/mol. The second-order valence-electron chi connectivity index (χ2n) is 6.51. The van der Waals surface area contributed by atoms with Gasteiger partial charge in [0.15, 0.2) is 0 Å². The SMILES string of the molecule is Cc1c(CC(=O)[O-])c(=O)oc2c(C)c3oc4c(c3cc12)CCCC4. The van der Waals surface area contributed by atoms with Gasteiger partial charge in [-0.05, 0) is 44.7 Å². The summed E-state index contributed by atoms with van der Waals surface area (Å²) in [5, 5.41) is 12.7. The number of fused-ring (bicyclic) bond motifs is 4. The largest absolute Gasteiger partial charge is 0.550 e. The summed E-state index contributed by atoms with van der Waals surface area (Å²) in [4.78, 5) is 23.1. The molecule has 24 heavy (non-hydrogen) atoms. The lowest BCUT2D eigenvalue weighted by Gasteiger charge is -2.11. The van der Waals surface area contributed by atoms with Gasteiger partial charge in [0, 0.05) is 46.3 Å². The Morgan fingerprint density at radius 3 is 2.54 bits per heavy atom. The molecule has 1 aromatic carbocycles. The van der Waals surface area contributed by atoms with E-state index in [1.807, 2.05) is 13.0 Å². The van der Waals surface area contributed by atoms with Crippen LogP contribution in [0.3, 0.4) is 0 Å². The van der Waals surface area contributed by atoms with Gasteiger partial charge in [-0.2, -0.15) is 0 Å². The molecule has 0 spiro atoms. The first kappa shape index (κ1) is 15.0. The van der Waals surface area contributed by atoms with Gasteiger partial charge in [-0.3, -0.25) is 0 Å². The van der Waals surface area contributed by atoms with E-state index in [2.05, 4.69) is 0 Å². The lowest BCUT2D eigenvalue weighted by atomic mass is 9.93. The molecular weight excluding hydrogens is 308 g/mol. The molecule has 0 unspecified atom stereocenters. The Morgan fingerprint density at radius 2 is 1.79 bits per heavy atom. The van der Waals surface area contributed by atoms with E-state index in [9.17, 15) is 14.7 Å². The van der Waals surface area contributed by atoms with Crippen LogP contribution in [0.15, 0.2) is 19.7 Å². The molecule has 5 nitrogen and oxygen atoms in total. The second-order valence-corrected chi connectivity index (χ2v) is 6.51. The molecule has 2 aromatic heterocycles. The molecular formula is C19H17O5-. The molecule has 2 heterocycles. The first-order valence-electron chi connectivity index (χ1n) is 8.17. The minimum absolute atomic E-state index is 0.151. The van der Waals surface area contributed by atoms with Crippen LogP contribution < -0.4 is 10.7 Å². The normalized spacial score (nSPS) is 14.2. The van der Waals surface area contributed by atoms with Crippen molar-refractivity contribution >= 4 is 27.9 Å². The zero-order valence-corrected chi connectivity index (χ0v) is 13.7. The molecule has 1 aliphatic rings. The molecule has 4 rings (SSSR count). The summed E-state index contributed by atoms with van der Waals surface area (Å²) in [6, 6.07) is 1.97. The number of rotatable bonds is 2. The average Bonchev–Trinajstić information content (AvgIpc) is 2.92. The number of hydrogen-bond donors (Lipinski definition) is 0. The number of carbonyl (C=O) groups excluding carboxylic acids is 1. The van der Waals surface area contributed by atoms with E-state index in [0.29, 0.717) is 11.1 Å². The van der Waals surface area contributed by atoms with Crippen molar-refractivity contribution in [2.45, 2.75) is 46.0 Å². The van der Waals surface area contributed by atoms with Crippen molar-refractivity contribution in [2.24, 2.45) is 0 Å². The highest BCUT2D eigenvalue weighted by atomic mass is 16.4. The lowest BCUT2D eigenvalue weighted by Crippen LogP contribution is -2.27. The number of hydrogen-bond acceptors (Lipinski definition) is 5. The lowest BCUT2D eigenvalue weighted by molar-refractivity contribution is -0.304. The van der Waals surface area contributed by atoms with Gasteiger partial charge < -0.3 is 18.7 Å². The molecule has 3 aromatic rings. The van der Waals surface area contributed by atoms with Crippen LogP contribution in [0.5, 0.6) is 0 Å². The highest BCUT2D eigenvalue weighted by Crippen LogP contribution is 2.37. The molecule has 5 heteroatoms. The zero-order chi connectivity index (χ0) is 17.0. The Balaban J connectivity index is 2.10. The van der Waals surface area contributed by atoms with Gasteiger partial charge >= 0.3 is 5.63 Å². The number of carboxylic acid groups (broad SMARTS) is 1. The van der Waals surface area contributed by atoms with E-state index in [4.69, 9.17) is 8.83 Å². The van der Waals surface area contributed by atoms with Crippen molar-refractivity contribution in [3.8, 4) is 0 Å².